The number of nitrogens with one attached hydrogen (secondary N) is 2. The number of ketones is 1. The van der Waals surface area contributed by atoms with Crippen LogP contribution in [0.3, 0.4) is 0 Å². The number of aromatic nitrogens is 2. The van der Waals surface area contributed by atoms with E-state index in [9.17, 15) is 15.0 Å². The molecule has 6 nitrogen and oxygen atoms in total. The van der Waals surface area contributed by atoms with Gasteiger partial charge in [0, 0.05) is 36.0 Å². The van der Waals surface area contributed by atoms with E-state index in [1.54, 1.807) is 6.20 Å². The third kappa shape index (κ3) is 3.98. The Morgan fingerprint density at radius 2 is 1.90 bits per heavy atom. The van der Waals surface area contributed by atoms with Crippen molar-refractivity contribution >= 4 is 5.78 Å². The molecule has 0 saturated heterocycles. The maximum atomic E-state index is 13.9. The number of phenols is 2. The molecule has 1 aromatic carbocycles. The lowest BCUT2D eigenvalue weighted by molar-refractivity contribution is -0.0917. The predicted molar refractivity (Wildman–Crippen MR) is 120 cm³/mol. The predicted octanol–water partition coefficient (Wildman–Crippen LogP) is 4.65. The summed E-state index contributed by atoms with van der Waals surface area (Å²) in [5, 5.41) is 23.7. The monoisotopic (exact) mass is 425 g/mol. The van der Waals surface area contributed by atoms with Crippen molar-refractivity contribution in [3.05, 3.63) is 42.0 Å². The molecule has 2 aromatic rings. The fraction of sp³-hybridized carbons (Fsp3) is 0.600. The van der Waals surface area contributed by atoms with Crippen LogP contribution in [0.25, 0.3) is 0 Å². The number of aromatic hydroxyl groups is 2. The average molecular weight is 426 g/mol. The molecular formula is C25H35N3O3. The van der Waals surface area contributed by atoms with Gasteiger partial charge in [-0.1, -0.05) is 34.1 Å². The van der Waals surface area contributed by atoms with Crippen LogP contribution >= 0.6 is 0 Å². The van der Waals surface area contributed by atoms with E-state index < -0.39 is 0 Å². The number of nitrogens with zero attached hydrogens (tertiary/aromatic N) is 1. The first-order chi connectivity index (χ1) is 14.6. The average Bonchev–Trinajstić information content (AvgIpc) is 3.19. The Morgan fingerprint density at radius 1 is 1.19 bits per heavy atom. The number of carbonyl (C=O) groups excluding carboxylic acids is 1. The Balaban J connectivity index is 1.70. The number of H-pyrrole nitrogens is 1. The summed E-state index contributed by atoms with van der Waals surface area (Å²) in [7, 11) is 0. The molecule has 2 fully saturated rings. The molecule has 5 atom stereocenters. The lowest BCUT2D eigenvalue weighted by Crippen LogP contribution is -2.60. The quantitative estimate of drug-likeness (QED) is 0.523. The molecule has 2 aliphatic carbocycles. The first-order valence-electron chi connectivity index (χ1n) is 11.4. The smallest absolute Gasteiger partial charge is 0.167 e. The Kier molecular flexibility index (Phi) is 5.63. The van der Waals surface area contributed by atoms with Gasteiger partial charge in [0.15, 0.2) is 5.78 Å². The molecule has 0 radical (unpaired) electrons. The van der Waals surface area contributed by atoms with Gasteiger partial charge in [-0.3, -0.25) is 4.79 Å². The number of fused-ring (bicyclic) bond motifs is 1. The van der Waals surface area contributed by atoms with E-state index >= 15 is 0 Å². The molecule has 4 N–H and O–H groups in total. The van der Waals surface area contributed by atoms with Crippen LogP contribution in [0.2, 0.25) is 0 Å². The van der Waals surface area contributed by atoms with Gasteiger partial charge >= 0.3 is 0 Å². The van der Waals surface area contributed by atoms with Crippen molar-refractivity contribution in [2.45, 2.75) is 66.0 Å². The van der Waals surface area contributed by atoms with Gasteiger partial charge < -0.3 is 20.5 Å². The summed E-state index contributed by atoms with van der Waals surface area (Å²) in [6.07, 6.45) is 7.91. The van der Waals surface area contributed by atoms with Gasteiger partial charge in [-0.25, -0.2) is 4.98 Å². The minimum atomic E-state index is -0.193. The lowest BCUT2D eigenvalue weighted by Gasteiger charge is -2.60. The van der Waals surface area contributed by atoms with Crippen LogP contribution in [0, 0.1) is 28.6 Å². The molecule has 0 spiro atoms. The lowest BCUT2D eigenvalue weighted by atomic mass is 9.45. The van der Waals surface area contributed by atoms with E-state index in [-0.39, 0.29) is 46.0 Å². The minimum Gasteiger partial charge on any atom is -0.508 e. The summed E-state index contributed by atoms with van der Waals surface area (Å²) in [5.41, 5.74) is 0.420. The molecule has 0 unspecified atom stereocenters. The Bertz CT molecular complexity index is 919. The molecule has 31 heavy (non-hydrogen) atoms. The van der Waals surface area contributed by atoms with Crippen LogP contribution in [-0.2, 0) is 6.54 Å². The number of rotatable bonds is 5. The van der Waals surface area contributed by atoms with Crippen molar-refractivity contribution in [2.24, 2.45) is 28.6 Å². The van der Waals surface area contributed by atoms with Crippen LogP contribution in [0.15, 0.2) is 30.6 Å². The highest BCUT2D eigenvalue weighted by Gasteiger charge is 2.58. The van der Waals surface area contributed by atoms with Gasteiger partial charge in [0.25, 0.3) is 0 Å². The molecule has 1 aromatic heterocycles. The van der Waals surface area contributed by atoms with E-state index in [4.69, 9.17) is 0 Å². The summed E-state index contributed by atoms with van der Waals surface area (Å²) in [6.45, 7) is 9.80. The van der Waals surface area contributed by atoms with Crippen LogP contribution in [-0.4, -0.2) is 32.0 Å². The maximum Gasteiger partial charge on any atom is 0.167 e. The standard InChI is InChI=1S/C25H35N3O3/c1-15-19(28-14-21-26-8-9-27-21)13-20-24(2,3)6-5-7-25(20,4)22(15)23(31)16-10-17(29)12-18(30)11-16/h8-12,15,19-20,22,28-30H,5-7,13-14H2,1-4H3,(H,26,27)/t15-,19-,20+,22-,25-/m1/s1. The summed E-state index contributed by atoms with van der Waals surface area (Å²) in [5.74, 6) is 1.08. The highest BCUT2D eigenvalue weighted by atomic mass is 16.3. The zero-order chi connectivity index (χ0) is 22.4. The summed E-state index contributed by atoms with van der Waals surface area (Å²) in [6, 6.07) is 4.42. The van der Waals surface area contributed by atoms with Crippen molar-refractivity contribution in [2.75, 3.05) is 0 Å². The van der Waals surface area contributed by atoms with Gasteiger partial charge in [0.1, 0.15) is 17.3 Å². The largest absolute Gasteiger partial charge is 0.508 e. The molecule has 2 aliphatic rings. The highest BCUT2D eigenvalue weighted by molar-refractivity contribution is 5.99. The van der Waals surface area contributed by atoms with Crippen LogP contribution in [0.5, 0.6) is 11.5 Å². The number of phenolic OH excluding ortho intramolecular Hbond substituents is 2. The number of hydrogen-bond donors (Lipinski definition) is 4. The zero-order valence-electron chi connectivity index (χ0n) is 19.0. The third-order valence-electron chi connectivity index (χ3n) is 8.19. The number of carbonyl (C=O) groups is 1. The fourth-order valence-corrected chi connectivity index (χ4v) is 6.77. The molecule has 0 aliphatic heterocycles. The van der Waals surface area contributed by atoms with Crippen molar-refractivity contribution < 1.29 is 15.0 Å². The molecule has 0 amide bonds. The fourth-order valence-electron chi connectivity index (χ4n) is 6.77. The molecule has 2 saturated carbocycles. The molecule has 1 heterocycles. The minimum absolute atomic E-state index is 0.0217. The van der Waals surface area contributed by atoms with E-state index in [1.807, 2.05) is 6.20 Å². The number of imidazole rings is 1. The van der Waals surface area contributed by atoms with Crippen molar-refractivity contribution in [1.82, 2.24) is 15.3 Å². The first kappa shape index (κ1) is 21.9. The van der Waals surface area contributed by atoms with Crippen molar-refractivity contribution in [1.29, 1.82) is 0 Å². The summed E-state index contributed by atoms with van der Waals surface area (Å²) in [4.78, 5) is 21.4. The second kappa shape index (κ2) is 7.97. The van der Waals surface area contributed by atoms with Gasteiger partial charge in [-0.2, -0.15) is 0 Å². The van der Waals surface area contributed by atoms with Gasteiger partial charge in [-0.05, 0) is 54.1 Å². The van der Waals surface area contributed by atoms with E-state index in [0.29, 0.717) is 18.0 Å². The molecular weight excluding hydrogens is 390 g/mol. The number of Topliss-reactive ketones (excluding diaryl/α,β-unsaturated/α-hetero) is 1. The topological polar surface area (TPSA) is 98.2 Å². The Labute approximate surface area is 184 Å². The molecule has 4 rings (SSSR count). The number of benzene rings is 1. The normalized spacial score (nSPS) is 32.4. The summed E-state index contributed by atoms with van der Waals surface area (Å²) < 4.78 is 0. The number of hydrogen-bond acceptors (Lipinski definition) is 5. The highest BCUT2D eigenvalue weighted by Crippen LogP contribution is 2.61. The first-order valence-corrected chi connectivity index (χ1v) is 11.4. The van der Waals surface area contributed by atoms with Crippen LogP contribution in [0.4, 0.5) is 0 Å². The van der Waals surface area contributed by atoms with Crippen molar-refractivity contribution in [3.8, 4) is 11.5 Å². The number of aromatic amines is 1. The second-order valence-electron chi connectivity index (χ2n) is 10.6. The summed E-state index contributed by atoms with van der Waals surface area (Å²) >= 11 is 0. The van der Waals surface area contributed by atoms with E-state index in [0.717, 1.165) is 25.1 Å². The van der Waals surface area contributed by atoms with Gasteiger partial charge in [0.05, 0.1) is 6.54 Å². The van der Waals surface area contributed by atoms with E-state index in [1.165, 1.54) is 24.6 Å². The Morgan fingerprint density at radius 3 is 2.55 bits per heavy atom. The third-order valence-corrected chi connectivity index (χ3v) is 8.19. The van der Waals surface area contributed by atoms with Gasteiger partial charge in [0.2, 0.25) is 0 Å². The zero-order valence-corrected chi connectivity index (χ0v) is 19.0. The van der Waals surface area contributed by atoms with Crippen molar-refractivity contribution in [3.63, 3.8) is 0 Å². The van der Waals surface area contributed by atoms with Gasteiger partial charge in [-0.15, -0.1) is 0 Å². The SMILES string of the molecule is C[C@@H]1[C@H](NCc2ncc[nH]2)C[C@H]2C(C)(C)CCC[C@@]2(C)[C@H]1C(=O)c1cc(O)cc(O)c1. The second-order valence-corrected chi connectivity index (χ2v) is 10.6. The Hall–Kier alpha value is -2.34. The van der Waals surface area contributed by atoms with E-state index in [2.05, 4.69) is 43.0 Å². The molecule has 6 heteroatoms. The van der Waals surface area contributed by atoms with Crippen LogP contribution in [0.1, 0.15) is 69.6 Å². The van der Waals surface area contributed by atoms with Crippen LogP contribution < -0.4 is 5.32 Å². The maximum absolute atomic E-state index is 13.9. The molecule has 168 valence electrons. The molecule has 0 bridgehead atoms.